The third-order valence-electron chi connectivity index (χ3n) is 3.15. The molecule has 2 aliphatic heterocycles. The lowest BCUT2D eigenvalue weighted by Crippen LogP contribution is -2.40. The van der Waals surface area contributed by atoms with Crippen molar-refractivity contribution in [2.24, 2.45) is 0 Å². The number of carboxylic acids is 1. The Morgan fingerprint density at radius 2 is 2.38 bits per heavy atom. The molecule has 2 fully saturated rings. The first-order valence-corrected chi connectivity index (χ1v) is 5.75. The van der Waals surface area contributed by atoms with Crippen molar-refractivity contribution in [3.63, 3.8) is 0 Å². The molecule has 2 rings (SSSR count). The van der Waals surface area contributed by atoms with Crippen LogP contribution in [0.3, 0.4) is 0 Å². The van der Waals surface area contributed by atoms with E-state index < -0.39 is 11.8 Å². The fourth-order valence-electron chi connectivity index (χ4n) is 2.24. The van der Waals surface area contributed by atoms with Gasteiger partial charge >= 0.3 is 5.97 Å². The van der Waals surface area contributed by atoms with Gasteiger partial charge in [0.2, 0.25) is 0 Å². The molecule has 0 saturated carbocycles. The van der Waals surface area contributed by atoms with Gasteiger partial charge in [-0.25, -0.2) is 0 Å². The molecule has 2 heterocycles. The van der Waals surface area contributed by atoms with Crippen LogP contribution >= 0.6 is 0 Å². The second kappa shape index (κ2) is 4.69. The summed E-state index contributed by atoms with van der Waals surface area (Å²) in [5, 5.41) is 8.59. The van der Waals surface area contributed by atoms with E-state index in [0.29, 0.717) is 13.0 Å². The van der Waals surface area contributed by atoms with Gasteiger partial charge in [0.15, 0.2) is 5.79 Å². The fraction of sp³-hybridized carbons (Fsp3) is 0.909. The van der Waals surface area contributed by atoms with E-state index in [9.17, 15) is 4.79 Å². The highest BCUT2D eigenvalue weighted by Gasteiger charge is 2.45. The molecule has 2 aliphatic rings. The fourth-order valence-corrected chi connectivity index (χ4v) is 2.24. The summed E-state index contributed by atoms with van der Waals surface area (Å²) in [7, 11) is 0. The molecule has 3 unspecified atom stereocenters. The second-order valence-corrected chi connectivity index (χ2v) is 4.50. The third kappa shape index (κ3) is 2.53. The first kappa shape index (κ1) is 11.8. The van der Waals surface area contributed by atoms with Crippen LogP contribution in [0, 0.1) is 0 Å². The van der Waals surface area contributed by atoms with E-state index in [2.05, 4.69) is 0 Å². The Kier molecular flexibility index (Phi) is 3.47. The molecule has 3 atom stereocenters. The van der Waals surface area contributed by atoms with E-state index in [1.165, 1.54) is 0 Å². The van der Waals surface area contributed by atoms with Gasteiger partial charge in [0, 0.05) is 13.0 Å². The Bertz CT molecular complexity index is 261. The zero-order valence-electron chi connectivity index (χ0n) is 9.48. The molecule has 0 aromatic rings. The van der Waals surface area contributed by atoms with Crippen molar-refractivity contribution in [3.05, 3.63) is 0 Å². The number of carbonyl (C=O) groups is 1. The Hall–Kier alpha value is -0.650. The van der Waals surface area contributed by atoms with Crippen LogP contribution in [0.25, 0.3) is 0 Å². The average Bonchev–Trinajstić information content (AvgIpc) is 2.84. The minimum absolute atomic E-state index is 0.0117. The zero-order valence-corrected chi connectivity index (χ0v) is 9.48. The highest BCUT2D eigenvalue weighted by molar-refractivity contribution is 5.66. The van der Waals surface area contributed by atoms with Gasteiger partial charge < -0.3 is 19.3 Å². The molecule has 0 spiro atoms. The summed E-state index contributed by atoms with van der Waals surface area (Å²) in [5.41, 5.74) is 0. The number of carboxylic acid groups (broad SMARTS) is 1. The second-order valence-electron chi connectivity index (χ2n) is 4.50. The number of ether oxygens (including phenoxy) is 3. The Morgan fingerprint density at radius 3 is 3.00 bits per heavy atom. The lowest BCUT2D eigenvalue weighted by molar-refractivity contribution is -0.218. The van der Waals surface area contributed by atoms with E-state index in [1.807, 2.05) is 6.92 Å². The molecule has 5 nitrogen and oxygen atoms in total. The molecule has 0 radical (unpaired) electrons. The minimum atomic E-state index is -0.797. The lowest BCUT2D eigenvalue weighted by Gasteiger charge is -2.29. The van der Waals surface area contributed by atoms with E-state index in [4.69, 9.17) is 19.3 Å². The van der Waals surface area contributed by atoms with E-state index in [1.54, 1.807) is 0 Å². The van der Waals surface area contributed by atoms with Crippen LogP contribution in [0.2, 0.25) is 0 Å². The smallest absolute Gasteiger partial charge is 0.303 e. The van der Waals surface area contributed by atoms with Crippen molar-refractivity contribution in [3.8, 4) is 0 Å². The SMILES string of the molecule is CC1(C2CCCO2)OCC(CCC(=O)O)O1. The molecule has 0 aromatic carbocycles. The maximum atomic E-state index is 10.5. The molecule has 92 valence electrons. The lowest BCUT2D eigenvalue weighted by atomic mass is 10.1. The summed E-state index contributed by atoms with van der Waals surface area (Å²) >= 11 is 0. The van der Waals surface area contributed by atoms with Crippen LogP contribution in [0.5, 0.6) is 0 Å². The van der Waals surface area contributed by atoms with Gasteiger partial charge in [-0.1, -0.05) is 0 Å². The van der Waals surface area contributed by atoms with Gasteiger partial charge in [-0.2, -0.15) is 0 Å². The van der Waals surface area contributed by atoms with Crippen LogP contribution in [-0.2, 0) is 19.0 Å². The largest absolute Gasteiger partial charge is 0.481 e. The number of aliphatic carboxylic acids is 1. The molecule has 16 heavy (non-hydrogen) atoms. The molecule has 0 aromatic heterocycles. The Labute approximate surface area is 94.7 Å². The molecule has 0 aliphatic carbocycles. The summed E-state index contributed by atoms with van der Waals surface area (Å²) in [4.78, 5) is 10.5. The summed E-state index contributed by atoms with van der Waals surface area (Å²) < 4.78 is 16.9. The molecular weight excluding hydrogens is 212 g/mol. The monoisotopic (exact) mass is 230 g/mol. The highest BCUT2D eigenvalue weighted by Crippen LogP contribution is 2.34. The van der Waals surface area contributed by atoms with E-state index >= 15 is 0 Å². The maximum Gasteiger partial charge on any atom is 0.303 e. The van der Waals surface area contributed by atoms with Crippen molar-refractivity contribution in [2.75, 3.05) is 13.2 Å². The summed E-state index contributed by atoms with van der Waals surface area (Å²) in [5.74, 6) is -1.48. The minimum Gasteiger partial charge on any atom is -0.481 e. The van der Waals surface area contributed by atoms with Crippen LogP contribution in [0.1, 0.15) is 32.6 Å². The van der Waals surface area contributed by atoms with Crippen LogP contribution in [0.4, 0.5) is 0 Å². The quantitative estimate of drug-likeness (QED) is 0.785. The van der Waals surface area contributed by atoms with Gasteiger partial charge in [0.05, 0.1) is 12.7 Å². The number of hydrogen-bond donors (Lipinski definition) is 1. The van der Waals surface area contributed by atoms with Crippen molar-refractivity contribution in [2.45, 2.75) is 50.6 Å². The van der Waals surface area contributed by atoms with Gasteiger partial charge in [-0.3, -0.25) is 4.79 Å². The van der Waals surface area contributed by atoms with Gasteiger partial charge in [0.1, 0.15) is 6.10 Å². The number of rotatable bonds is 4. The highest BCUT2D eigenvalue weighted by atomic mass is 16.8. The molecule has 0 amide bonds. The predicted octanol–water partition coefficient (Wildman–Crippen LogP) is 1.16. The van der Waals surface area contributed by atoms with Crippen LogP contribution < -0.4 is 0 Å². The van der Waals surface area contributed by atoms with E-state index in [0.717, 1.165) is 19.4 Å². The van der Waals surface area contributed by atoms with E-state index in [-0.39, 0.29) is 18.6 Å². The number of hydrogen-bond acceptors (Lipinski definition) is 4. The molecule has 5 heteroatoms. The summed E-state index contributed by atoms with van der Waals surface area (Å²) in [6, 6.07) is 0. The Morgan fingerprint density at radius 1 is 1.56 bits per heavy atom. The zero-order chi connectivity index (χ0) is 11.6. The van der Waals surface area contributed by atoms with Gasteiger partial charge in [-0.15, -0.1) is 0 Å². The molecule has 1 N–H and O–H groups in total. The van der Waals surface area contributed by atoms with Crippen LogP contribution in [0.15, 0.2) is 0 Å². The predicted molar refractivity (Wildman–Crippen MR) is 55.1 cm³/mol. The molecule has 0 bridgehead atoms. The van der Waals surface area contributed by atoms with Gasteiger partial charge in [0.25, 0.3) is 0 Å². The first-order chi connectivity index (χ1) is 7.60. The normalized spacial score (nSPS) is 39.1. The average molecular weight is 230 g/mol. The van der Waals surface area contributed by atoms with Gasteiger partial charge in [-0.05, 0) is 26.2 Å². The van der Waals surface area contributed by atoms with Crippen molar-refractivity contribution < 1.29 is 24.1 Å². The topological polar surface area (TPSA) is 65.0 Å². The first-order valence-electron chi connectivity index (χ1n) is 5.75. The maximum absolute atomic E-state index is 10.5. The van der Waals surface area contributed by atoms with Crippen LogP contribution in [-0.4, -0.2) is 42.3 Å². The van der Waals surface area contributed by atoms with Crippen molar-refractivity contribution in [1.29, 1.82) is 0 Å². The van der Waals surface area contributed by atoms with Crippen molar-refractivity contribution in [1.82, 2.24) is 0 Å². The molecular formula is C11H18O5. The summed E-state index contributed by atoms with van der Waals surface area (Å²) in [6.45, 7) is 3.10. The molecule has 2 saturated heterocycles. The summed E-state index contributed by atoms with van der Waals surface area (Å²) in [6.07, 6.45) is 2.47. The Balaban J connectivity index is 1.83. The van der Waals surface area contributed by atoms with Crippen molar-refractivity contribution >= 4 is 5.97 Å². The standard InChI is InChI=1S/C11H18O5/c1-11(9-3-2-6-14-9)15-7-8(16-11)4-5-10(12)13/h8-9H,2-7H2,1H3,(H,12,13). The third-order valence-corrected chi connectivity index (χ3v) is 3.15.